The Bertz CT molecular complexity index is 939. The summed E-state index contributed by atoms with van der Waals surface area (Å²) in [6.45, 7) is 8.42. The van der Waals surface area contributed by atoms with Crippen molar-refractivity contribution in [2.75, 3.05) is 55.6 Å². The van der Waals surface area contributed by atoms with E-state index >= 15 is 0 Å². The first kappa shape index (κ1) is 21.5. The molecule has 0 atom stereocenters. The lowest BCUT2D eigenvalue weighted by Gasteiger charge is -2.36. The molecule has 0 spiro atoms. The maximum Gasteiger partial charge on any atom is 0.325 e. The summed E-state index contributed by atoms with van der Waals surface area (Å²) in [7, 11) is 0. The first-order valence-electron chi connectivity index (χ1n) is 10.9. The molecule has 4 rings (SSSR count). The van der Waals surface area contributed by atoms with E-state index in [0.29, 0.717) is 37.1 Å². The smallest absolute Gasteiger partial charge is 0.325 e. The Labute approximate surface area is 189 Å². The fourth-order valence-corrected chi connectivity index (χ4v) is 4.34. The van der Waals surface area contributed by atoms with Gasteiger partial charge in [-0.2, -0.15) is 0 Å². The minimum Gasteiger partial charge on any atom is -0.368 e. The maximum absolute atomic E-state index is 12.9. The molecule has 0 aromatic heterocycles. The van der Waals surface area contributed by atoms with Crippen LogP contribution in [0.5, 0.6) is 0 Å². The van der Waals surface area contributed by atoms with Crippen LogP contribution >= 0.6 is 11.6 Å². The van der Waals surface area contributed by atoms with Gasteiger partial charge in [0.1, 0.15) is 6.54 Å². The summed E-state index contributed by atoms with van der Waals surface area (Å²) < 4.78 is 0. The monoisotopic (exact) mass is 440 g/mol. The van der Waals surface area contributed by atoms with Crippen LogP contribution in [0.25, 0.3) is 0 Å². The quantitative estimate of drug-likeness (QED) is 0.704. The van der Waals surface area contributed by atoms with E-state index in [1.807, 2.05) is 41.3 Å². The normalized spacial score (nSPS) is 17.1. The number of carbonyl (C=O) groups excluding carboxylic acids is 2. The molecule has 0 saturated carbocycles. The standard InChI is InChI=1S/C24H29ClN4O2/c1-18(2)19-6-8-21(9-7-19)29-15-14-28(24(29)31)17-23(30)27-12-10-26(11-13-27)22-5-3-4-20(25)16-22/h3-9,16,18H,10-15,17H2,1-2H3. The number of carbonyl (C=O) groups is 2. The molecule has 2 aromatic rings. The van der Waals surface area contributed by atoms with Gasteiger partial charge in [0, 0.05) is 55.7 Å². The molecule has 0 N–H and O–H groups in total. The van der Waals surface area contributed by atoms with Gasteiger partial charge in [-0.25, -0.2) is 4.79 Å². The fourth-order valence-electron chi connectivity index (χ4n) is 4.16. The summed E-state index contributed by atoms with van der Waals surface area (Å²) in [5.74, 6) is 0.466. The van der Waals surface area contributed by atoms with Gasteiger partial charge in [0.25, 0.3) is 0 Å². The highest BCUT2D eigenvalue weighted by Gasteiger charge is 2.32. The van der Waals surface area contributed by atoms with E-state index in [1.165, 1.54) is 5.56 Å². The van der Waals surface area contributed by atoms with Crippen molar-refractivity contribution in [3.05, 3.63) is 59.1 Å². The number of hydrogen-bond acceptors (Lipinski definition) is 3. The zero-order valence-corrected chi connectivity index (χ0v) is 18.9. The molecule has 0 bridgehead atoms. The summed E-state index contributed by atoms with van der Waals surface area (Å²) >= 11 is 6.10. The summed E-state index contributed by atoms with van der Waals surface area (Å²) in [5.41, 5.74) is 3.22. The number of benzene rings is 2. The van der Waals surface area contributed by atoms with E-state index in [2.05, 4.69) is 30.9 Å². The predicted octanol–water partition coefficient (Wildman–Crippen LogP) is 4.05. The molecule has 2 aromatic carbocycles. The fraction of sp³-hybridized carbons (Fsp3) is 0.417. The third-order valence-electron chi connectivity index (χ3n) is 6.10. The molecule has 0 unspecified atom stereocenters. The molecule has 0 aliphatic carbocycles. The van der Waals surface area contributed by atoms with E-state index < -0.39 is 0 Å². The molecule has 2 aliphatic heterocycles. The van der Waals surface area contributed by atoms with Crippen LogP contribution in [0.4, 0.5) is 16.2 Å². The molecule has 164 valence electrons. The van der Waals surface area contributed by atoms with Gasteiger partial charge in [-0.05, 0) is 41.8 Å². The van der Waals surface area contributed by atoms with Crippen molar-refractivity contribution >= 4 is 34.9 Å². The Morgan fingerprint density at radius 3 is 2.29 bits per heavy atom. The van der Waals surface area contributed by atoms with Crippen LogP contribution in [-0.4, -0.2) is 67.6 Å². The highest BCUT2D eigenvalue weighted by molar-refractivity contribution is 6.30. The number of anilines is 2. The average molecular weight is 441 g/mol. The van der Waals surface area contributed by atoms with Crippen LogP contribution < -0.4 is 9.80 Å². The summed E-state index contributed by atoms with van der Waals surface area (Å²) in [6.07, 6.45) is 0. The van der Waals surface area contributed by atoms with Crippen LogP contribution in [0.3, 0.4) is 0 Å². The van der Waals surface area contributed by atoms with Crippen molar-refractivity contribution in [1.29, 1.82) is 0 Å². The second-order valence-electron chi connectivity index (χ2n) is 8.45. The van der Waals surface area contributed by atoms with Crippen LogP contribution in [-0.2, 0) is 4.79 Å². The molecule has 2 saturated heterocycles. The molecule has 2 fully saturated rings. The molecular weight excluding hydrogens is 412 g/mol. The highest BCUT2D eigenvalue weighted by atomic mass is 35.5. The molecule has 0 radical (unpaired) electrons. The van der Waals surface area contributed by atoms with Crippen molar-refractivity contribution in [1.82, 2.24) is 9.80 Å². The lowest BCUT2D eigenvalue weighted by Crippen LogP contribution is -2.51. The minimum absolute atomic E-state index is 0.0103. The lowest BCUT2D eigenvalue weighted by molar-refractivity contribution is -0.131. The highest BCUT2D eigenvalue weighted by Crippen LogP contribution is 2.24. The van der Waals surface area contributed by atoms with Crippen LogP contribution in [0, 0.1) is 0 Å². The Balaban J connectivity index is 1.31. The van der Waals surface area contributed by atoms with Crippen LogP contribution in [0.15, 0.2) is 48.5 Å². The van der Waals surface area contributed by atoms with E-state index in [4.69, 9.17) is 11.6 Å². The molecule has 2 heterocycles. The van der Waals surface area contributed by atoms with Gasteiger partial charge in [-0.15, -0.1) is 0 Å². The van der Waals surface area contributed by atoms with Crippen LogP contribution in [0.1, 0.15) is 25.3 Å². The second-order valence-corrected chi connectivity index (χ2v) is 8.89. The van der Waals surface area contributed by atoms with Crippen molar-refractivity contribution in [3.63, 3.8) is 0 Å². The number of hydrogen-bond donors (Lipinski definition) is 0. The number of rotatable bonds is 5. The van der Waals surface area contributed by atoms with Crippen molar-refractivity contribution < 1.29 is 9.59 Å². The molecule has 2 aliphatic rings. The molecule has 7 heteroatoms. The molecule has 3 amide bonds. The Hall–Kier alpha value is -2.73. The van der Waals surface area contributed by atoms with Gasteiger partial charge < -0.3 is 14.7 Å². The average Bonchev–Trinajstić information content (AvgIpc) is 3.14. The Kier molecular flexibility index (Phi) is 6.37. The van der Waals surface area contributed by atoms with Crippen molar-refractivity contribution in [2.45, 2.75) is 19.8 Å². The van der Waals surface area contributed by atoms with Gasteiger partial charge in [0.2, 0.25) is 5.91 Å². The van der Waals surface area contributed by atoms with E-state index in [9.17, 15) is 9.59 Å². The first-order valence-corrected chi connectivity index (χ1v) is 11.2. The lowest BCUT2D eigenvalue weighted by atomic mass is 10.0. The third kappa shape index (κ3) is 4.79. The number of urea groups is 1. The number of amides is 3. The van der Waals surface area contributed by atoms with E-state index in [-0.39, 0.29) is 18.5 Å². The summed E-state index contributed by atoms with van der Waals surface area (Å²) in [6, 6.07) is 15.8. The van der Waals surface area contributed by atoms with Gasteiger partial charge in [-0.3, -0.25) is 9.69 Å². The summed E-state index contributed by atoms with van der Waals surface area (Å²) in [5, 5.41) is 0.715. The topological polar surface area (TPSA) is 47.1 Å². The van der Waals surface area contributed by atoms with Crippen LogP contribution in [0.2, 0.25) is 5.02 Å². The minimum atomic E-state index is -0.0942. The molecule has 31 heavy (non-hydrogen) atoms. The number of nitrogens with zero attached hydrogens (tertiary/aromatic N) is 4. The zero-order valence-electron chi connectivity index (χ0n) is 18.1. The molecule has 6 nitrogen and oxygen atoms in total. The number of piperazine rings is 1. The van der Waals surface area contributed by atoms with Crippen molar-refractivity contribution in [2.24, 2.45) is 0 Å². The zero-order chi connectivity index (χ0) is 22.0. The van der Waals surface area contributed by atoms with E-state index in [1.54, 1.807) is 9.80 Å². The van der Waals surface area contributed by atoms with Gasteiger partial charge in [-0.1, -0.05) is 43.6 Å². The largest absolute Gasteiger partial charge is 0.368 e. The summed E-state index contributed by atoms with van der Waals surface area (Å²) in [4.78, 5) is 33.2. The SMILES string of the molecule is CC(C)c1ccc(N2CCN(CC(=O)N3CCN(c4cccc(Cl)c4)CC3)C2=O)cc1. The van der Waals surface area contributed by atoms with E-state index in [0.717, 1.165) is 24.5 Å². The van der Waals surface area contributed by atoms with Gasteiger partial charge >= 0.3 is 6.03 Å². The second kappa shape index (κ2) is 9.18. The first-order chi connectivity index (χ1) is 14.9. The maximum atomic E-state index is 12.9. The predicted molar refractivity (Wildman–Crippen MR) is 125 cm³/mol. The van der Waals surface area contributed by atoms with Gasteiger partial charge in [0.15, 0.2) is 0 Å². The Morgan fingerprint density at radius 2 is 1.65 bits per heavy atom. The van der Waals surface area contributed by atoms with Gasteiger partial charge in [0.05, 0.1) is 0 Å². The third-order valence-corrected chi connectivity index (χ3v) is 6.33. The van der Waals surface area contributed by atoms with Crippen molar-refractivity contribution in [3.8, 4) is 0 Å². The number of halogens is 1. The Morgan fingerprint density at radius 1 is 0.935 bits per heavy atom. The molecular formula is C24H29ClN4O2.